The first-order valence-electron chi connectivity index (χ1n) is 10.3. The molecule has 0 aromatic heterocycles. The van der Waals surface area contributed by atoms with E-state index in [1.165, 1.54) is 0 Å². The summed E-state index contributed by atoms with van der Waals surface area (Å²) in [6.07, 6.45) is -1.01. The fourth-order valence-corrected chi connectivity index (χ4v) is 3.41. The van der Waals surface area contributed by atoms with E-state index in [4.69, 9.17) is 9.47 Å². The second-order valence-electron chi connectivity index (χ2n) is 7.17. The van der Waals surface area contributed by atoms with E-state index in [1.54, 1.807) is 31.4 Å². The Morgan fingerprint density at radius 1 is 0.906 bits per heavy atom. The summed E-state index contributed by atoms with van der Waals surface area (Å²) in [5, 5.41) is 18.1. The molecule has 0 aliphatic heterocycles. The zero-order chi connectivity index (χ0) is 22.3. The van der Waals surface area contributed by atoms with E-state index < -0.39 is 6.23 Å². The molecule has 32 heavy (non-hydrogen) atoms. The van der Waals surface area contributed by atoms with Crippen molar-refractivity contribution in [1.82, 2.24) is 5.32 Å². The fourth-order valence-electron chi connectivity index (χ4n) is 3.41. The number of hydrogen-bond acceptors (Lipinski definition) is 5. The van der Waals surface area contributed by atoms with E-state index in [2.05, 4.69) is 10.6 Å². The number of rotatable bonds is 8. The molecular weight excluding hydrogens is 404 g/mol. The molecule has 6 nitrogen and oxygen atoms in total. The van der Waals surface area contributed by atoms with Gasteiger partial charge in [0.05, 0.1) is 19.3 Å². The van der Waals surface area contributed by atoms with Crippen LogP contribution < -0.4 is 20.1 Å². The lowest BCUT2D eigenvalue weighted by atomic mass is 10.0. The molecule has 4 rings (SSSR count). The van der Waals surface area contributed by atoms with Gasteiger partial charge in [-0.3, -0.25) is 4.79 Å². The summed E-state index contributed by atoms with van der Waals surface area (Å²) < 4.78 is 11.2. The van der Waals surface area contributed by atoms with E-state index >= 15 is 0 Å². The number of carbonyl (C=O) groups excluding carboxylic acids is 1. The van der Waals surface area contributed by atoms with E-state index in [-0.39, 0.29) is 12.5 Å². The summed E-state index contributed by atoms with van der Waals surface area (Å²) in [4.78, 5) is 12.7. The third kappa shape index (κ3) is 4.99. The van der Waals surface area contributed by atoms with Crippen LogP contribution >= 0.6 is 0 Å². The highest BCUT2D eigenvalue weighted by Crippen LogP contribution is 2.31. The minimum absolute atomic E-state index is 0.0234. The smallest absolute Gasteiger partial charge is 0.252 e. The standard InChI is InChI=1S/C26H24N2O4/c1-31-19-10-7-11-20(16-19)32-24-15-5-4-14-23(24)28-25(29)17-27-26(30)22-13-6-9-18-8-2-3-12-21(18)22/h2-16,25,28-29H,17H2,1H3,(H,27,30). The normalized spacial score (nSPS) is 11.6. The summed E-state index contributed by atoms with van der Waals surface area (Å²) in [6, 6.07) is 27.8. The molecule has 1 unspecified atom stereocenters. The summed E-state index contributed by atoms with van der Waals surface area (Å²) in [5.74, 6) is 1.59. The molecule has 0 saturated heterocycles. The van der Waals surface area contributed by atoms with E-state index in [9.17, 15) is 9.90 Å². The molecule has 3 N–H and O–H groups in total. The number of carbonyl (C=O) groups is 1. The van der Waals surface area contributed by atoms with Crippen LogP contribution in [0.4, 0.5) is 5.69 Å². The summed E-state index contributed by atoms with van der Waals surface area (Å²) >= 11 is 0. The second kappa shape index (κ2) is 9.85. The number of aliphatic hydroxyl groups is 1. The first kappa shape index (κ1) is 21.2. The maximum atomic E-state index is 12.7. The number of ether oxygens (including phenoxy) is 2. The van der Waals surface area contributed by atoms with Crippen LogP contribution in [0, 0.1) is 0 Å². The maximum Gasteiger partial charge on any atom is 0.252 e. The van der Waals surface area contributed by atoms with Crippen LogP contribution in [0.15, 0.2) is 91.0 Å². The minimum atomic E-state index is -1.01. The average Bonchev–Trinajstić information content (AvgIpc) is 2.83. The number of amides is 1. The zero-order valence-corrected chi connectivity index (χ0v) is 17.6. The Balaban J connectivity index is 1.41. The number of aliphatic hydroxyl groups excluding tert-OH is 1. The molecule has 4 aromatic rings. The van der Waals surface area contributed by atoms with Crippen LogP contribution in [0.2, 0.25) is 0 Å². The van der Waals surface area contributed by atoms with Crippen LogP contribution in [-0.4, -0.2) is 30.9 Å². The largest absolute Gasteiger partial charge is 0.497 e. The Morgan fingerprint density at radius 2 is 1.62 bits per heavy atom. The lowest BCUT2D eigenvalue weighted by molar-refractivity contribution is 0.0929. The van der Waals surface area contributed by atoms with Crippen LogP contribution in [0.25, 0.3) is 10.8 Å². The minimum Gasteiger partial charge on any atom is -0.497 e. The number of benzene rings is 4. The molecule has 0 aliphatic carbocycles. The van der Waals surface area contributed by atoms with Gasteiger partial charge in [0.25, 0.3) is 5.91 Å². The molecular formula is C26H24N2O4. The number of anilines is 1. The van der Waals surface area contributed by atoms with Crippen molar-refractivity contribution in [2.75, 3.05) is 19.0 Å². The monoisotopic (exact) mass is 428 g/mol. The van der Waals surface area contributed by atoms with Crippen molar-refractivity contribution in [3.05, 3.63) is 96.6 Å². The lowest BCUT2D eigenvalue weighted by Crippen LogP contribution is -2.36. The van der Waals surface area contributed by atoms with Crippen molar-refractivity contribution in [2.45, 2.75) is 6.23 Å². The highest BCUT2D eigenvalue weighted by Gasteiger charge is 2.13. The Kier molecular flexibility index (Phi) is 6.53. The number of hydrogen-bond donors (Lipinski definition) is 3. The van der Waals surface area contributed by atoms with Gasteiger partial charge in [0.15, 0.2) is 5.75 Å². The van der Waals surface area contributed by atoms with Gasteiger partial charge in [-0.1, -0.05) is 54.6 Å². The molecule has 0 saturated carbocycles. The highest BCUT2D eigenvalue weighted by molar-refractivity contribution is 6.07. The second-order valence-corrected chi connectivity index (χ2v) is 7.17. The molecule has 0 spiro atoms. The molecule has 0 bridgehead atoms. The van der Waals surface area contributed by atoms with Gasteiger partial charge in [-0.15, -0.1) is 0 Å². The van der Waals surface area contributed by atoms with Crippen molar-refractivity contribution < 1.29 is 19.4 Å². The molecule has 0 radical (unpaired) electrons. The van der Waals surface area contributed by atoms with Gasteiger partial charge < -0.3 is 25.2 Å². The molecule has 0 aliphatic rings. The zero-order valence-electron chi connectivity index (χ0n) is 17.6. The number of methoxy groups -OCH3 is 1. The first-order chi connectivity index (χ1) is 15.6. The maximum absolute atomic E-state index is 12.7. The van der Waals surface area contributed by atoms with Crippen molar-refractivity contribution in [1.29, 1.82) is 0 Å². The summed E-state index contributed by atoms with van der Waals surface area (Å²) in [5.41, 5.74) is 1.17. The molecule has 4 aromatic carbocycles. The highest BCUT2D eigenvalue weighted by atomic mass is 16.5. The van der Waals surface area contributed by atoms with E-state index in [0.29, 0.717) is 28.5 Å². The van der Waals surface area contributed by atoms with Gasteiger partial charge in [0.2, 0.25) is 0 Å². The fraction of sp³-hybridized carbons (Fsp3) is 0.115. The van der Waals surface area contributed by atoms with Crippen molar-refractivity contribution in [3.63, 3.8) is 0 Å². The van der Waals surface area contributed by atoms with E-state index in [1.807, 2.05) is 66.7 Å². The third-order valence-corrected chi connectivity index (χ3v) is 4.97. The molecule has 162 valence electrons. The van der Waals surface area contributed by atoms with Crippen LogP contribution in [0.1, 0.15) is 10.4 Å². The summed E-state index contributed by atoms with van der Waals surface area (Å²) in [7, 11) is 1.59. The summed E-state index contributed by atoms with van der Waals surface area (Å²) in [6.45, 7) is 0.0234. The molecule has 0 fully saturated rings. The van der Waals surface area contributed by atoms with Gasteiger partial charge in [0, 0.05) is 11.6 Å². The molecule has 0 heterocycles. The van der Waals surface area contributed by atoms with Gasteiger partial charge >= 0.3 is 0 Å². The van der Waals surface area contributed by atoms with Gasteiger partial charge in [-0.25, -0.2) is 0 Å². The predicted molar refractivity (Wildman–Crippen MR) is 125 cm³/mol. The number of fused-ring (bicyclic) bond motifs is 1. The van der Waals surface area contributed by atoms with Crippen LogP contribution in [0.3, 0.4) is 0 Å². The van der Waals surface area contributed by atoms with Gasteiger partial charge in [-0.05, 0) is 41.1 Å². The lowest BCUT2D eigenvalue weighted by Gasteiger charge is -2.18. The molecule has 1 amide bonds. The first-order valence-corrected chi connectivity index (χ1v) is 10.3. The van der Waals surface area contributed by atoms with Crippen molar-refractivity contribution in [2.24, 2.45) is 0 Å². The Morgan fingerprint density at radius 3 is 2.50 bits per heavy atom. The number of nitrogens with one attached hydrogen (secondary N) is 2. The Bertz CT molecular complexity index is 1220. The average molecular weight is 428 g/mol. The van der Waals surface area contributed by atoms with Crippen molar-refractivity contribution in [3.8, 4) is 17.2 Å². The molecule has 6 heteroatoms. The topological polar surface area (TPSA) is 79.8 Å². The Hall–Kier alpha value is -4.03. The SMILES string of the molecule is COc1cccc(Oc2ccccc2NC(O)CNC(=O)c2cccc3ccccc23)c1. The van der Waals surface area contributed by atoms with Crippen molar-refractivity contribution >= 4 is 22.4 Å². The quantitative estimate of drug-likeness (QED) is 0.351. The Labute approximate surface area is 186 Å². The third-order valence-electron chi connectivity index (χ3n) is 4.97. The van der Waals surface area contributed by atoms with Crippen LogP contribution in [-0.2, 0) is 0 Å². The predicted octanol–water partition coefficient (Wildman–Crippen LogP) is 4.80. The number of para-hydroxylation sites is 2. The molecule has 1 atom stereocenters. The van der Waals surface area contributed by atoms with Gasteiger partial charge in [0.1, 0.15) is 17.7 Å². The van der Waals surface area contributed by atoms with Crippen LogP contribution in [0.5, 0.6) is 17.2 Å². The van der Waals surface area contributed by atoms with E-state index in [0.717, 1.165) is 10.8 Å². The van der Waals surface area contributed by atoms with Gasteiger partial charge in [-0.2, -0.15) is 0 Å².